The summed E-state index contributed by atoms with van der Waals surface area (Å²) in [6.45, 7) is 1.39. The molecule has 0 bridgehead atoms. The maximum Gasteiger partial charge on any atom is 0.292 e. The van der Waals surface area contributed by atoms with Crippen molar-refractivity contribution in [3.05, 3.63) is 33.9 Å². The molecule has 0 radical (unpaired) electrons. The number of hydrogen-bond donors (Lipinski definition) is 2. The minimum Gasteiger partial charge on any atom is -0.393 e. The summed E-state index contributed by atoms with van der Waals surface area (Å²) in [4.78, 5) is 23.9. The van der Waals surface area contributed by atoms with E-state index in [1.54, 1.807) is 0 Å². The Morgan fingerprint density at radius 1 is 1.47 bits per heavy atom. The van der Waals surface area contributed by atoms with E-state index < -0.39 is 4.92 Å². The molecule has 0 aliphatic heterocycles. The predicted octanol–water partition coefficient (Wildman–Crippen LogP) is 0.859. The van der Waals surface area contributed by atoms with Gasteiger partial charge in [-0.3, -0.25) is 14.9 Å². The number of nitrogens with one attached hydrogen (secondary N) is 1. The molecule has 0 aliphatic rings. The van der Waals surface area contributed by atoms with Gasteiger partial charge in [-0.2, -0.15) is 0 Å². The maximum atomic E-state index is 11.8. The number of amides is 1. The van der Waals surface area contributed by atoms with Crippen molar-refractivity contribution in [3.8, 4) is 0 Å². The number of carbonyl (C=O) groups excluding carboxylic acids is 1. The second kappa shape index (κ2) is 6.69. The molecule has 0 atom stereocenters. The number of nitro benzene ring substituents is 1. The molecule has 0 unspecified atom stereocenters. The normalized spacial score (nSPS) is 10.5. The largest absolute Gasteiger partial charge is 0.393 e. The summed E-state index contributed by atoms with van der Waals surface area (Å²) in [5, 5.41) is 13.4. The van der Waals surface area contributed by atoms with Gasteiger partial charge in [0.15, 0.2) is 0 Å². The first-order valence-electron chi connectivity index (χ1n) is 5.88. The third-order valence-electron chi connectivity index (χ3n) is 2.56. The SMILES string of the molecule is CN(C)CCCNC(=O)c1ccc(N)c([N+](=O)[O-])c1. The summed E-state index contributed by atoms with van der Waals surface area (Å²) < 4.78 is 0. The Labute approximate surface area is 111 Å². The van der Waals surface area contributed by atoms with Crippen molar-refractivity contribution in [1.29, 1.82) is 0 Å². The quantitative estimate of drug-likeness (QED) is 0.344. The summed E-state index contributed by atoms with van der Waals surface area (Å²) in [5.74, 6) is -0.332. The van der Waals surface area contributed by atoms with Crippen molar-refractivity contribution in [3.63, 3.8) is 0 Å². The first kappa shape index (κ1) is 14.9. The van der Waals surface area contributed by atoms with Crippen LogP contribution < -0.4 is 11.1 Å². The standard InChI is InChI=1S/C12H18N4O3/c1-15(2)7-3-6-14-12(17)9-4-5-10(13)11(8-9)16(18)19/h4-5,8H,3,6-7,13H2,1-2H3,(H,14,17). The molecule has 1 rings (SSSR count). The summed E-state index contributed by atoms with van der Waals surface area (Å²) in [6, 6.07) is 4.03. The summed E-state index contributed by atoms with van der Waals surface area (Å²) in [7, 11) is 3.90. The molecule has 3 N–H and O–H groups in total. The zero-order chi connectivity index (χ0) is 14.4. The fourth-order valence-corrected chi connectivity index (χ4v) is 1.54. The Kier molecular flexibility index (Phi) is 5.25. The van der Waals surface area contributed by atoms with Gasteiger partial charge in [0.1, 0.15) is 5.69 Å². The van der Waals surface area contributed by atoms with Crippen LogP contribution in [0.2, 0.25) is 0 Å². The van der Waals surface area contributed by atoms with Gasteiger partial charge < -0.3 is 16.0 Å². The lowest BCUT2D eigenvalue weighted by molar-refractivity contribution is -0.383. The monoisotopic (exact) mass is 266 g/mol. The fraction of sp³-hybridized carbons (Fsp3) is 0.417. The van der Waals surface area contributed by atoms with E-state index in [-0.39, 0.29) is 22.8 Å². The van der Waals surface area contributed by atoms with Gasteiger partial charge in [0.05, 0.1) is 4.92 Å². The zero-order valence-electron chi connectivity index (χ0n) is 11.0. The van der Waals surface area contributed by atoms with E-state index >= 15 is 0 Å². The van der Waals surface area contributed by atoms with Crippen molar-refractivity contribution in [2.75, 3.05) is 32.9 Å². The van der Waals surface area contributed by atoms with Gasteiger partial charge in [-0.05, 0) is 39.2 Å². The summed E-state index contributed by atoms with van der Waals surface area (Å²) >= 11 is 0. The Balaban J connectivity index is 2.62. The van der Waals surface area contributed by atoms with Crippen LogP contribution in [-0.2, 0) is 0 Å². The Hall–Kier alpha value is -2.15. The van der Waals surface area contributed by atoms with E-state index in [4.69, 9.17) is 5.73 Å². The summed E-state index contributed by atoms with van der Waals surface area (Å²) in [6.07, 6.45) is 0.815. The van der Waals surface area contributed by atoms with Crippen LogP contribution in [0.4, 0.5) is 11.4 Å². The molecule has 0 heterocycles. The highest BCUT2D eigenvalue weighted by atomic mass is 16.6. The molecule has 0 aliphatic carbocycles. The van der Waals surface area contributed by atoms with E-state index in [2.05, 4.69) is 5.32 Å². The van der Waals surface area contributed by atoms with Gasteiger partial charge in [0.2, 0.25) is 0 Å². The van der Waals surface area contributed by atoms with Crippen molar-refractivity contribution in [2.24, 2.45) is 0 Å². The van der Waals surface area contributed by atoms with Crippen LogP contribution in [0.3, 0.4) is 0 Å². The zero-order valence-corrected chi connectivity index (χ0v) is 11.0. The van der Waals surface area contributed by atoms with Gasteiger partial charge in [0, 0.05) is 18.2 Å². The van der Waals surface area contributed by atoms with Crippen LogP contribution in [0.5, 0.6) is 0 Å². The molecule has 1 aromatic rings. The molecule has 104 valence electrons. The molecule has 0 saturated heterocycles. The van der Waals surface area contributed by atoms with Crippen molar-refractivity contribution in [1.82, 2.24) is 10.2 Å². The molecule has 0 saturated carbocycles. The average Bonchev–Trinajstić information content (AvgIpc) is 2.34. The maximum absolute atomic E-state index is 11.8. The lowest BCUT2D eigenvalue weighted by Crippen LogP contribution is -2.27. The number of hydrogen-bond acceptors (Lipinski definition) is 5. The molecular weight excluding hydrogens is 248 g/mol. The van der Waals surface area contributed by atoms with E-state index in [1.165, 1.54) is 18.2 Å². The third kappa shape index (κ3) is 4.55. The van der Waals surface area contributed by atoms with E-state index in [9.17, 15) is 14.9 Å². The lowest BCUT2D eigenvalue weighted by atomic mass is 10.1. The van der Waals surface area contributed by atoms with Crippen LogP contribution in [0, 0.1) is 10.1 Å². The number of nitrogens with zero attached hydrogens (tertiary/aromatic N) is 2. The minimum atomic E-state index is -0.599. The Morgan fingerprint density at radius 2 is 2.16 bits per heavy atom. The van der Waals surface area contributed by atoms with Gasteiger partial charge in [-0.25, -0.2) is 0 Å². The first-order chi connectivity index (χ1) is 8.91. The number of nitro groups is 1. The van der Waals surface area contributed by atoms with E-state index in [0.29, 0.717) is 6.54 Å². The minimum absolute atomic E-state index is 0.0501. The fourth-order valence-electron chi connectivity index (χ4n) is 1.54. The highest BCUT2D eigenvalue weighted by molar-refractivity contribution is 5.95. The smallest absolute Gasteiger partial charge is 0.292 e. The number of nitrogens with two attached hydrogens (primary N) is 1. The third-order valence-corrected chi connectivity index (χ3v) is 2.56. The lowest BCUT2D eigenvalue weighted by Gasteiger charge is -2.10. The van der Waals surface area contributed by atoms with Crippen LogP contribution >= 0.6 is 0 Å². The van der Waals surface area contributed by atoms with Crippen LogP contribution in [0.1, 0.15) is 16.8 Å². The van der Waals surface area contributed by atoms with Crippen LogP contribution in [0.25, 0.3) is 0 Å². The van der Waals surface area contributed by atoms with Crippen molar-refractivity contribution >= 4 is 17.3 Å². The highest BCUT2D eigenvalue weighted by Gasteiger charge is 2.15. The Bertz CT molecular complexity index is 474. The van der Waals surface area contributed by atoms with Gasteiger partial charge >= 0.3 is 0 Å². The molecular formula is C12H18N4O3. The second-order valence-corrected chi connectivity index (χ2v) is 4.44. The number of rotatable bonds is 6. The van der Waals surface area contributed by atoms with Crippen LogP contribution in [-0.4, -0.2) is 42.9 Å². The summed E-state index contributed by atoms with van der Waals surface area (Å²) in [5.41, 5.74) is 5.51. The Morgan fingerprint density at radius 3 is 2.74 bits per heavy atom. The van der Waals surface area contributed by atoms with Gasteiger partial charge in [0.25, 0.3) is 11.6 Å². The van der Waals surface area contributed by atoms with E-state index in [1.807, 2.05) is 19.0 Å². The topological polar surface area (TPSA) is 102 Å². The predicted molar refractivity (Wildman–Crippen MR) is 73.0 cm³/mol. The molecule has 0 fully saturated rings. The number of nitrogen functional groups attached to an aromatic ring is 1. The van der Waals surface area contributed by atoms with Crippen LogP contribution in [0.15, 0.2) is 18.2 Å². The van der Waals surface area contributed by atoms with Gasteiger partial charge in [-0.15, -0.1) is 0 Å². The molecule has 0 spiro atoms. The van der Waals surface area contributed by atoms with Crippen molar-refractivity contribution < 1.29 is 9.72 Å². The second-order valence-electron chi connectivity index (χ2n) is 4.44. The number of carbonyl (C=O) groups is 1. The first-order valence-corrected chi connectivity index (χ1v) is 5.88. The van der Waals surface area contributed by atoms with Crippen molar-refractivity contribution in [2.45, 2.75) is 6.42 Å². The number of anilines is 1. The molecule has 7 heteroatoms. The van der Waals surface area contributed by atoms with E-state index in [0.717, 1.165) is 13.0 Å². The average molecular weight is 266 g/mol. The molecule has 1 aromatic carbocycles. The molecule has 19 heavy (non-hydrogen) atoms. The highest BCUT2D eigenvalue weighted by Crippen LogP contribution is 2.22. The number of benzene rings is 1. The molecule has 1 amide bonds. The van der Waals surface area contributed by atoms with Gasteiger partial charge in [-0.1, -0.05) is 0 Å². The molecule has 7 nitrogen and oxygen atoms in total. The molecule has 0 aromatic heterocycles.